The van der Waals surface area contributed by atoms with E-state index in [1.165, 1.54) is 6.07 Å². The summed E-state index contributed by atoms with van der Waals surface area (Å²) < 4.78 is 19.4. The summed E-state index contributed by atoms with van der Waals surface area (Å²) in [5.74, 6) is -0.261. The lowest BCUT2D eigenvalue weighted by Crippen LogP contribution is -2.22. The number of hydrogen-bond donors (Lipinski definition) is 1. The van der Waals surface area contributed by atoms with E-state index in [4.69, 9.17) is 4.74 Å². The number of para-hydroxylation sites is 1. The maximum Gasteiger partial charge on any atom is 0.290 e. The van der Waals surface area contributed by atoms with Crippen LogP contribution in [0, 0.1) is 5.82 Å². The summed E-state index contributed by atoms with van der Waals surface area (Å²) in [5.41, 5.74) is 0.747. The zero-order chi connectivity index (χ0) is 14.0. The van der Waals surface area contributed by atoms with Gasteiger partial charge in [-0.1, -0.05) is 36.4 Å². The van der Waals surface area contributed by atoms with Gasteiger partial charge in [0.15, 0.2) is 0 Å². The molecule has 0 aliphatic carbocycles. The van der Waals surface area contributed by atoms with Gasteiger partial charge in [0.2, 0.25) is 0 Å². The number of aliphatic imine (C=N–C) groups is 1. The van der Waals surface area contributed by atoms with Gasteiger partial charge < -0.3 is 10.1 Å². The molecule has 0 saturated carbocycles. The van der Waals surface area contributed by atoms with E-state index in [1.54, 1.807) is 12.1 Å². The van der Waals surface area contributed by atoms with Gasteiger partial charge in [-0.3, -0.25) is 0 Å². The maximum absolute atomic E-state index is 13.9. The first-order chi connectivity index (χ1) is 9.67. The average molecular weight is 270 g/mol. The second-order valence-corrected chi connectivity index (χ2v) is 4.95. The Morgan fingerprint density at radius 1 is 1.10 bits per heavy atom. The molecule has 0 fully saturated rings. The highest BCUT2D eigenvalue weighted by molar-refractivity contribution is 5.90. The van der Waals surface area contributed by atoms with Crippen LogP contribution >= 0.6 is 0 Å². The second kappa shape index (κ2) is 4.96. The molecule has 1 N–H and O–H groups in total. The van der Waals surface area contributed by atoms with E-state index in [0.29, 0.717) is 18.2 Å². The summed E-state index contributed by atoms with van der Waals surface area (Å²) in [4.78, 5) is 4.49. The Labute approximate surface area is 117 Å². The highest BCUT2D eigenvalue weighted by Gasteiger charge is 2.35. The lowest BCUT2D eigenvalue weighted by atomic mass is 9.94. The largest absolute Gasteiger partial charge is 0.462 e. The van der Waals surface area contributed by atoms with Crippen molar-refractivity contribution in [1.29, 1.82) is 0 Å². The van der Waals surface area contributed by atoms with Gasteiger partial charge in [-0.05, 0) is 25.1 Å². The monoisotopic (exact) mass is 270 g/mol. The van der Waals surface area contributed by atoms with Crippen LogP contribution in [0.25, 0.3) is 0 Å². The van der Waals surface area contributed by atoms with E-state index >= 15 is 0 Å². The topological polar surface area (TPSA) is 33.6 Å². The number of amidine groups is 1. The highest BCUT2D eigenvalue weighted by Crippen LogP contribution is 2.32. The maximum atomic E-state index is 13.9. The lowest BCUT2D eigenvalue weighted by Gasteiger charge is -2.18. The van der Waals surface area contributed by atoms with Gasteiger partial charge >= 0.3 is 0 Å². The molecule has 3 nitrogen and oxygen atoms in total. The molecule has 3 rings (SSSR count). The first-order valence-corrected chi connectivity index (χ1v) is 6.47. The molecular formula is C16H15FN2O. The van der Waals surface area contributed by atoms with E-state index in [2.05, 4.69) is 10.3 Å². The van der Waals surface area contributed by atoms with Gasteiger partial charge in [-0.15, -0.1) is 0 Å². The first-order valence-electron chi connectivity index (χ1n) is 6.47. The van der Waals surface area contributed by atoms with Crippen LogP contribution in [0.1, 0.15) is 12.5 Å². The smallest absolute Gasteiger partial charge is 0.290 e. The molecule has 1 aliphatic heterocycles. The normalized spacial score (nSPS) is 21.2. The van der Waals surface area contributed by atoms with Crippen LogP contribution in [0.15, 0.2) is 59.6 Å². The van der Waals surface area contributed by atoms with Crippen LogP contribution in [0.3, 0.4) is 0 Å². The fourth-order valence-electron chi connectivity index (χ4n) is 2.24. The molecular weight excluding hydrogens is 255 g/mol. The third-order valence-electron chi connectivity index (χ3n) is 3.32. The SMILES string of the molecule is CC1(c2ccccc2F)COC(Nc2ccccc2)=N1. The molecule has 1 unspecified atom stereocenters. The minimum atomic E-state index is -0.692. The van der Waals surface area contributed by atoms with Crippen LogP contribution < -0.4 is 5.32 Å². The molecule has 2 aromatic carbocycles. The molecule has 4 heteroatoms. The Hall–Kier alpha value is -2.36. The summed E-state index contributed by atoms with van der Waals surface area (Å²) in [6.07, 6.45) is 0. The van der Waals surface area contributed by atoms with Gasteiger partial charge in [-0.2, -0.15) is 0 Å². The Bertz CT molecular complexity index is 642. The Balaban J connectivity index is 1.85. The van der Waals surface area contributed by atoms with Crippen molar-refractivity contribution in [2.45, 2.75) is 12.5 Å². The number of benzene rings is 2. The molecule has 0 aromatic heterocycles. The minimum absolute atomic E-state index is 0.261. The van der Waals surface area contributed by atoms with Gasteiger partial charge in [0.1, 0.15) is 18.0 Å². The quantitative estimate of drug-likeness (QED) is 0.905. The molecule has 0 radical (unpaired) electrons. The number of anilines is 1. The van der Waals surface area contributed by atoms with E-state index in [0.717, 1.165) is 5.69 Å². The zero-order valence-corrected chi connectivity index (χ0v) is 11.1. The minimum Gasteiger partial charge on any atom is -0.462 e. The van der Waals surface area contributed by atoms with E-state index < -0.39 is 5.54 Å². The molecule has 1 heterocycles. The van der Waals surface area contributed by atoms with Crippen molar-refractivity contribution in [3.63, 3.8) is 0 Å². The number of ether oxygens (including phenoxy) is 1. The van der Waals surface area contributed by atoms with Crippen LogP contribution in [-0.4, -0.2) is 12.6 Å². The van der Waals surface area contributed by atoms with Crippen molar-refractivity contribution < 1.29 is 9.13 Å². The Morgan fingerprint density at radius 3 is 2.55 bits per heavy atom. The molecule has 0 spiro atoms. The molecule has 1 atom stereocenters. The summed E-state index contributed by atoms with van der Waals surface area (Å²) in [6.45, 7) is 2.19. The Kier molecular flexibility index (Phi) is 3.14. The number of nitrogens with one attached hydrogen (secondary N) is 1. The zero-order valence-electron chi connectivity index (χ0n) is 11.1. The highest BCUT2D eigenvalue weighted by atomic mass is 19.1. The fourth-order valence-corrected chi connectivity index (χ4v) is 2.24. The molecule has 2 aromatic rings. The standard InChI is InChI=1S/C16H15FN2O/c1-16(13-9-5-6-10-14(13)17)11-20-15(19-16)18-12-7-3-2-4-8-12/h2-10H,11H2,1H3,(H,18,19). The van der Waals surface area contributed by atoms with Crippen molar-refractivity contribution in [1.82, 2.24) is 0 Å². The van der Waals surface area contributed by atoms with Crippen LogP contribution in [0.5, 0.6) is 0 Å². The second-order valence-electron chi connectivity index (χ2n) is 4.95. The summed E-state index contributed by atoms with van der Waals surface area (Å²) >= 11 is 0. The number of rotatable bonds is 2. The van der Waals surface area contributed by atoms with Crippen LogP contribution in [-0.2, 0) is 10.3 Å². The van der Waals surface area contributed by atoms with Crippen molar-refractivity contribution in [2.75, 3.05) is 11.9 Å². The van der Waals surface area contributed by atoms with Crippen molar-refractivity contribution in [3.8, 4) is 0 Å². The fraction of sp³-hybridized carbons (Fsp3) is 0.188. The van der Waals surface area contributed by atoms with Gasteiger partial charge in [0, 0.05) is 11.3 Å². The van der Waals surface area contributed by atoms with Crippen molar-refractivity contribution >= 4 is 11.7 Å². The van der Waals surface area contributed by atoms with Crippen molar-refractivity contribution in [3.05, 3.63) is 66.0 Å². The van der Waals surface area contributed by atoms with E-state index in [9.17, 15) is 4.39 Å². The third kappa shape index (κ3) is 2.37. The summed E-state index contributed by atoms with van der Waals surface area (Å²) in [5, 5.41) is 3.09. The van der Waals surface area contributed by atoms with E-state index in [1.807, 2.05) is 43.3 Å². The molecule has 1 aliphatic rings. The average Bonchev–Trinajstić information content (AvgIpc) is 2.83. The van der Waals surface area contributed by atoms with Gasteiger partial charge in [0.25, 0.3) is 6.02 Å². The van der Waals surface area contributed by atoms with Gasteiger partial charge in [-0.25, -0.2) is 9.38 Å². The molecule has 20 heavy (non-hydrogen) atoms. The summed E-state index contributed by atoms with van der Waals surface area (Å²) in [7, 11) is 0. The number of halogens is 1. The van der Waals surface area contributed by atoms with Gasteiger partial charge in [0.05, 0.1) is 0 Å². The van der Waals surface area contributed by atoms with Crippen LogP contribution in [0.2, 0.25) is 0 Å². The molecule has 102 valence electrons. The molecule has 0 saturated heterocycles. The molecule has 0 bridgehead atoms. The number of hydrogen-bond acceptors (Lipinski definition) is 3. The van der Waals surface area contributed by atoms with Crippen molar-refractivity contribution in [2.24, 2.45) is 4.99 Å². The number of nitrogens with zero attached hydrogens (tertiary/aromatic N) is 1. The molecule has 0 amide bonds. The third-order valence-corrected chi connectivity index (χ3v) is 3.32. The predicted molar refractivity (Wildman–Crippen MR) is 77.2 cm³/mol. The Morgan fingerprint density at radius 2 is 1.80 bits per heavy atom. The first kappa shape index (κ1) is 12.7. The predicted octanol–water partition coefficient (Wildman–Crippen LogP) is 3.54. The lowest BCUT2D eigenvalue weighted by molar-refractivity contribution is 0.264. The summed E-state index contributed by atoms with van der Waals surface area (Å²) in [6, 6.07) is 16.7. The van der Waals surface area contributed by atoms with Crippen LogP contribution in [0.4, 0.5) is 10.1 Å². The van der Waals surface area contributed by atoms with E-state index in [-0.39, 0.29) is 5.82 Å².